The van der Waals surface area contributed by atoms with Crippen molar-refractivity contribution < 1.29 is 14.9 Å². The summed E-state index contributed by atoms with van der Waals surface area (Å²) in [5.74, 6) is 1.47. The molecule has 0 aromatic carbocycles. The minimum absolute atomic E-state index is 0.297. The zero-order valence-electron chi connectivity index (χ0n) is 13.8. The number of hydrogen-bond donors (Lipinski definition) is 2. The van der Waals surface area contributed by atoms with Crippen LogP contribution in [0.1, 0.15) is 58.3 Å². The van der Waals surface area contributed by atoms with E-state index in [9.17, 15) is 10.2 Å². The molecule has 4 atom stereocenters. The Kier molecular flexibility index (Phi) is 3.25. The van der Waals surface area contributed by atoms with Crippen molar-refractivity contribution in [2.24, 2.45) is 23.2 Å². The summed E-state index contributed by atoms with van der Waals surface area (Å²) >= 11 is 0. The van der Waals surface area contributed by atoms with Gasteiger partial charge in [0.1, 0.15) is 0 Å². The normalized spacial score (nSPS) is 43.1. The van der Waals surface area contributed by atoms with Gasteiger partial charge < -0.3 is 14.9 Å². The highest BCUT2D eigenvalue weighted by molar-refractivity contribution is 5.32. The molecule has 0 radical (unpaired) electrons. The van der Waals surface area contributed by atoms with Crippen molar-refractivity contribution in [2.75, 3.05) is 7.11 Å². The van der Waals surface area contributed by atoms with Crippen LogP contribution in [0.15, 0.2) is 23.0 Å². The summed E-state index contributed by atoms with van der Waals surface area (Å²) in [7, 11) is 1.77. The molecule has 122 valence electrons. The number of hydrogen-bond acceptors (Lipinski definition) is 3. The van der Waals surface area contributed by atoms with Gasteiger partial charge in [0, 0.05) is 18.3 Å². The van der Waals surface area contributed by atoms with Crippen LogP contribution in [0.3, 0.4) is 0 Å². The van der Waals surface area contributed by atoms with Crippen molar-refractivity contribution in [3.63, 3.8) is 0 Å². The molecule has 3 nitrogen and oxygen atoms in total. The number of fused-ring (bicyclic) bond motifs is 4. The Morgan fingerprint density at radius 2 is 2.00 bits per heavy atom. The van der Waals surface area contributed by atoms with Gasteiger partial charge in [-0.05, 0) is 62.4 Å². The van der Waals surface area contributed by atoms with Crippen LogP contribution < -0.4 is 0 Å². The first-order chi connectivity index (χ1) is 10.5. The molecule has 0 spiro atoms. The van der Waals surface area contributed by atoms with Crippen LogP contribution in [0.25, 0.3) is 0 Å². The topological polar surface area (TPSA) is 49.7 Å². The highest BCUT2D eigenvalue weighted by Crippen LogP contribution is 2.63. The lowest BCUT2D eigenvalue weighted by Crippen LogP contribution is -2.51. The van der Waals surface area contributed by atoms with E-state index in [0.29, 0.717) is 24.2 Å². The van der Waals surface area contributed by atoms with Crippen molar-refractivity contribution in [1.82, 2.24) is 0 Å². The van der Waals surface area contributed by atoms with Crippen molar-refractivity contribution in [3.05, 3.63) is 23.0 Å². The first-order valence-corrected chi connectivity index (χ1v) is 8.85. The average Bonchev–Trinajstić information content (AvgIpc) is 2.76. The number of aliphatic hydroxyl groups is 2. The number of allylic oxidation sites excluding steroid dienone is 3. The van der Waals surface area contributed by atoms with Crippen LogP contribution >= 0.6 is 0 Å². The molecule has 0 amide bonds. The van der Waals surface area contributed by atoms with Gasteiger partial charge in [-0.25, -0.2) is 0 Å². The van der Waals surface area contributed by atoms with Gasteiger partial charge in [-0.2, -0.15) is 0 Å². The molecule has 0 aromatic heterocycles. The van der Waals surface area contributed by atoms with Gasteiger partial charge in [0.2, 0.25) is 0 Å². The second-order valence-corrected chi connectivity index (χ2v) is 8.11. The maximum absolute atomic E-state index is 10.5. The largest absolute Gasteiger partial charge is 0.501 e. The Hall–Kier alpha value is -0.800. The Morgan fingerprint density at radius 1 is 1.18 bits per heavy atom. The van der Waals surface area contributed by atoms with Gasteiger partial charge in [-0.1, -0.05) is 18.1 Å². The highest BCUT2D eigenvalue weighted by Gasteiger charge is 2.61. The summed E-state index contributed by atoms with van der Waals surface area (Å²) in [6.45, 7) is 2.12. The molecule has 0 bridgehead atoms. The molecule has 3 heteroatoms. The average molecular weight is 304 g/mol. The number of methoxy groups -OCH3 is 1. The molecule has 22 heavy (non-hydrogen) atoms. The third-order valence-electron chi connectivity index (χ3n) is 7.43. The van der Waals surface area contributed by atoms with Crippen molar-refractivity contribution >= 4 is 0 Å². The molecule has 2 saturated carbocycles. The Bertz CT molecular complexity index is 545. The van der Waals surface area contributed by atoms with Crippen LogP contribution in [0, 0.1) is 23.2 Å². The Labute approximate surface area is 133 Å². The lowest BCUT2D eigenvalue weighted by atomic mass is 9.54. The Morgan fingerprint density at radius 3 is 2.77 bits per heavy atom. The van der Waals surface area contributed by atoms with Crippen molar-refractivity contribution in [2.45, 2.75) is 64.1 Å². The maximum atomic E-state index is 10.5. The zero-order valence-corrected chi connectivity index (χ0v) is 13.8. The van der Waals surface area contributed by atoms with E-state index < -0.39 is 5.79 Å². The fraction of sp³-hybridized carbons (Fsp3) is 0.789. The number of ether oxygens (including phenoxy) is 1. The molecule has 4 aliphatic carbocycles. The fourth-order valence-electron chi connectivity index (χ4n) is 6.04. The molecule has 0 aliphatic heterocycles. The van der Waals surface area contributed by atoms with Gasteiger partial charge >= 0.3 is 0 Å². The van der Waals surface area contributed by atoms with Crippen LogP contribution in [0.2, 0.25) is 0 Å². The van der Waals surface area contributed by atoms with E-state index in [1.54, 1.807) is 18.3 Å². The monoisotopic (exact) mass is 304 g/mol. The van der Waals surface area contributed by atoms with Crippen LogP contribution in [-0.4, -0.2) is 23.1 Å². The summed E-state index contributed by atoms with van der Waals surface area (Å²) in [5, 5.41) is 20.9. The van der Waals surface area contributed by atoms with E-state index in [1.807, 2.05) is 0 Å². The third kappa shape index (κ3) is 1.88. The lowest BCUT2D eigenvalue weighted by Gasteiger charge is -2.52. The summed E-state index contributed by atoms with van der Waals surface area (Å²) in [5.41, 5.74) is 2.97. The van der Waals surface area contributed by atoms with Gasteiger partial charge in [-0.15, -0.1) is 0 Å². The maximum Gasteiger partial charge on any atom is 0.168 e. The second kappa shape index (κ2) is 4.85. The molecular formula is C19H28O3. The minimum atomic E-state index is -1.45. The first-order valence-electron chi connectivity index (χ1n) is 8.85. The zero-order chi connectivity index (χ0) is 15.5. The summed E-state index contributed by atoms with van der Waals surface area (Å²) in [6, 6.07) is 0. The highest BCUT2D eigenvalue weighted by atomic mass is 16.5. The van der Waals surface area contributed by atoms with E-state index in [2.05, 4.69) is 13.0 Å². The van der Waals surface area contributed by atoms with Crippen LogP contribution in [0.4, 0.5) is 0 Å². The second-order valence-electron chi connectivity index (χ2n) is 8.11. The predicted molar refractivity (Wildman–Crippen MR) is 84.8 cm³/mol. The Balaban J connectivity index is 1.62. The van der Waals surface area contributed by atoms with Crippen LogP contribution in [0.5, 0.6) is 0 Å². The SMILES string of the molecule is COC1=CCC2=C(CC[C@@H]3[C@@H]2CC[C@@]2(C)[C@H]3CCC2(O)O)C1. The molecule has 4 aliphatic rings. The molecule has 0 heterocycles. The predicted octanol–water partition coefficient (Wildman–Crippen LogP) is 3.52. The van der Waals surface area contributed by atoms with E-state index >= 15 is 0 Å². The smallest absolute Gasteiger partial charge is 0.168 e. The molecule has 0 unspecified atom stereocenters. The fourth-order valence-corrected chi connectivity index (χ4v) is 6.04. The molecule has 4 rings (SSSR count). The summed E-state index contributed by atoms with van der Waals surface area (Å²) in [6.07, 6.45) is 10.3. The standard InChI is InChI=1S/C19H28O3/c1-18-9-7-15-14-6-4-13(22-2)11-12(14)3-5-16(15)17(18)8-10-19(18,20)21/h4,15-17,20-21H,3,5-11H2,1-2H3/t15-,16-,17+,18+/m1/s1. The third-order valence-corrected chi connectivity index (χ3v) is 7.43. The van der Waals surface area contributed by atoms with Gasteiger partial charge in [0.05, 0.1) is 12.9 Å². The van der Waals surface area contributed by atoms with Crippen molar-refractivity contribution in [3.8, 4) is 0 Å². The van der Waals surface area contributed by atoms with E-state index in [0.717, 1.165) is 37.9 Å². The molecule has 0 saturated heterocycles. The van der Waals surface area contributed by atoms with E-state index in [-0.39, 0.29) is 5.41 Å². The van der Waals surface area contributed by atoms with Crippen LogP contribution in [-0.2, 0) is 4.74 Å². The van der Waals surface area contributed by atoms with Gasteiger partial charge in [0.15, 0.2) is 5.79 Å². The summed E-state index contributed by atoms with van der Waals surface area (Å²) in [4.78, 5) is 0. The molecule has 2 fully saturated rings. The number of rotatable bonds is 1. The van der Waals surface area contributed by atoms with Gasteiger partial charge in [0.25, 0.3) is 0 Å². The quantitative estimate of drug-likeness (QED) is 0.575. The lowest BCUT2D eigenvalue weighted by molar-refractivity contribution is -0.243. The minimum Gasteiger partial charge on any atom is -0.501 e. The molecule has 2 N–H and O–H groups in total. The molecular weight excluding hydrogens is 276 g/mol. The van der Waals surface area contributed by atoms with E-state index in [1.165, 1.54) is 12.8 Å². The molecule has 0 aromatic rings. The first kappa shape index (κ1) is 14.8. The van der Waals surface area contributed by atoms with Gasteiger partial charge in [-0.3, -0.25) is 0 Å². The van der Waals surface area contributed by atoms with Crippen molar-refractivity contribution in [1.29, 1.82) is 0 Å². The van der Waals surface area contributed by atoms with E-state index in [4.69, 9.17) is 4.74 Å². The summed E-state index contributed by atoms with van der Waals surface area (Å²) < 4.78 is 5.45.